The third kappa shape index (κ3) is 2.83. The van der Waals surface area contributed by atoms with Crippen LogP contribution in [0.15, 0.2) is 18.3 Å². The SMILES string of the molecule is COc1cccnc1N(C)C(=O)CN1CCCC1=O. The van der Waals surface area contributed by atoms with E-state index in [4.69, 9.17) is 4.74 Å². The summed E-state index contributed by atoms with van der Waals surface area (Å²) in [5.74, 6) is 0.856. The van der Waals surface area contributed by atoms with Crippen molar-refractivity contribution in [3.63, 3.8) is 0 Å². The van der Waals surface area contributed by atoms with Gasteiger partial charge in [-0.25, -0.2) is 4.98 Å². The van der Waals surface area contributed by atoms with Crippen LogP contribution in [0.25, 0.3) is 0 Å². The zero-order valence-corrected chi connectivity index (χ0v) is 11.1. The van der Waals surface area contributed by atoms with Gasteiger partial charge in [-0.3, -0.25) is 14.5 Å². The minimum Gasteiger partial charge on any atom is -0.493 e. The molecule has 1 fully saturated rings. The van der Waals surface area contributed by atoms with Gasteiger partial charge in [-0.15, -0.1) is 0 Å². The van der Waals surface area contributed by atoms with E-state index in [-0.39, 0.29) is 18.4 Å². The molecule has 0 radical (unpaired) electrons. The number of methoxy groups -OCH3 is 1. The summed E-state index contributed by atoms with van der Waals surface area (Å²) >= 11 is 0. The highest BCUT2D eigenvalue weighted by Gasteiger charge is 2.25. The average Bonchev–Trinajstić information content (AvgIpc) is 2.83. The molecule has 0 unspecified atom stereocenters. The van der Waals surface area contributed by atoms with Crippen LogP contribution in [-0.2, 0) is 9.59 Å². The Hall–Kier alpha value is -2.11. The van der Waals surface area contributed by atoms with Crippen molar-refractivity contribution in [2.75, 3.05) is 32.1 Å². The van der Waals surface area contributed by atoms with E-state index in [1.165, 1.54) is 12.0 Å². The molecule has 0 bridgehead atoms. The Balaban J connectivity index is 2.08. The molecule has 0 atom stereocenters. The minimum absolute atomic E-state index is 0.0368. The zero-order chi connectivity index (χ0) is 13.8. The summed E-state index contributed by atoms with van der Waals surface area (Å²) in [6.45, 7) is 0.743. The van der Waals surface area contributed by atoms with E-state index in [1.807, 2.05) is 0 Å². The standard InChI is InChI=1S/C13H17N3O3/c1-15(13-10(19-2)5-3-7-14-13)12(18)9-16-8-4-6-11(16)17/h3,5,7H,4,6,8-9H2,1-2H3. The number of nitrogens with zero attached hydrogens (tertiary/aromatic N) is 3. The maximum absolute atomic E-state index is 12.1. The molecule has 6 nitrogen and oxygen atoms in total. The second-order valence-corrected chi connectivity index (χ2v) is 4.40. The van der Waals surface area contributed by atoms with Crippen molar-refractivity contribution in [2.45, 2.75) is 12.8 Å². The molecule has 0 aromatic carbocycles. The van der Waals surface area contributed by atoms with Gasteiger partial charge < -0.3 is 9.64 Å². The Bertz CT molecular complexity index is 490. The van der Waals surface area contributed by atoms with Crippen molar-refractivity contribution in [2.24, 2.45) is 0 Å². The fourth-order valence-corrected chi connectivity index (χ4v) is 2.05. The molecule has 0 N–H and O–H groups in total. The molecular weight excluding hydrogens is 246 g/mol. The van der Waals surface area contributed by atoms with Gasteiger partial charge in [-0.2, -0.15) is 0 Å². The number of carbonyl (C=O) groups excluding carboxylic acids is 2. The molecule has 2 amide bonds. The van der Waals surface area contributed by atoms with E-state index in [1.54, 1.807) is 30.3 Å². The predicted octanol–water partition coefficient (Wildman–Crippen LogP) is 0.675. The second-order valence-electron chi connectivity index (χ2n) is 4.40. The van der Waals surface area contributed by atoms with Crippen LogP contribution in [0.1, 0.15) is 12.8 Å². The summed E-state index contributed by atoms with van der Waals surface area (Å²) in [5.41, 5.74) is 0. The van der Waals surface area contributed by atoms with Gasteiger partial charge >= 0.3 is 0 Å². The molecule has 0 aliphatic carbocycles. The number of hydrogen-bond acceptors (Lipinski definition) is 4. The Labute approximate surface area is 112 Å². The van der Waals surface area contributed by atoms with Crippen molar-refractivity contribution < 1.29 is 14.3 Å². The first-order valence-electron chi connectivity index (χ1n) is 6.17. The second kappa shape index (κ2) is 5.69. The maximum atomic E-state index is 12.1. The topological polar surface area (TPSA) is 62.7 Å². The molecular formula is C13H17N3O3. The van der Waals surface area contributed by atoms with Gasteiger partial charge in [-0.1, -0.05) is 0 Å². The van der Waals surface area contributed by atoms with Crippen molar-refractivity contribution in [1.29, 1.82) is 0 Å². The molecule has 0 spiro atoms. The number of anilines is 1. The van der Waals surface area contributed by atoms with Crippen LogP contribution < -0.4 is 9.64 Å². The van der Waals surface area contributed by atoms with Crippen molar-refractivity contribution in [1.82, 2.24) is 9.88 Å². The smallest absolute Gasteiger partial charge is 0.247 e. The van der Waals surface area contributed by atoms with E-state index >= 15 is 0 Å². The summed E-state index contributed by atoms with van der Waals surface area (Å²) in [6.07, 6.45) is 2.95. The first-order chi connectivity index (χ1) is 9.13. The summed E-state index contributed by atoms with van der Waals surface area (Å²) in [4.78, 5) is 30.8. The fraction of sp³-hybridized carbons (Fsp3) is 0.462. The number of rotatable bonds is 4. The van der Waals surface area contributed by atoms with Gasteiger partial charge in [0.2, 0.25) is 11.8 Å². The summed E-state index contributed by atoms with van der Waals surface area (Å²) in [5, 5.41) is 0. The number of aromatic nitrogens is 1. The molecule has 102 valence electrons. The lowest BCUT2D eigenvalue weighted by Gasteiger charge is -2.22. The van der Waals surface area contributed by atoms with E-state index in [2.05, 4.69) is 4.98 Å². The molecule has 1 aromatic rings. The Morgan fingerprint density at radius 3 is 3.00 bits per heavy atom. The third-order valence-corrected chi connectivity index (χ3v) is 3.16. The van der Waals surface area contributed by atoms with Gasteiger partial charge in [0.15, 0.2) is 11.6 Å². The van der Waals surface area contributed by atoms with Gasteiger partial charge in [0, 0.05) is 26.2 Å². The number of ether oxygens (including phenoxy) is 1. The van der Waals surface area contributed by atoms with Gasteiger partial charge in [0.1, 0.15) is 6.54 Å². The molecule has 1 aromatic heterocycles. The summed E-state index contributed by atoms with van der Waals surface area (Å²) in [7, 11) is 3.16. The largest absolute Gasteiger partial charge is 0.493 e. The lowest BCUT2D eigenvalue weighted by atomic mass is 10.3. The maximum Gasteiger partial charge on any atom is 0.247 e. The number of pyridine rings is 1. The van der Waals surface area contributed by atoms with Crippen LogP contribution in [0.5, 0.6) is 5.75 Å². The fourth-order valence-electron chi connectivity index (χ4n) is 2.05. The average molecular weight is 263 g/mol. The highest BCUT2D eigenvalue weighted by molar-refractivity contribution is 5.96. The molecule has 19 heavy (non-hydrogen) atoms. The third-order valence-electron chi connectivity index (χ3n) is 3.16. The van der Waals surface area contributed by atoms with E-state index in [9.17, 15) is 9.59 Å². The Kier molecular flexibility index (Phi) is 3.99. The molecule has 6 heteroatoms. The quantitative estimate of drug-likeness (QED) is 0.801. The highest BCUT2D eigenvalue weighted by Crippen LogP contribution is 2.24. The zero-order valence-electron chi connectivity index (χ0n) is 11.1. The van der Waals surface area contributed by atoms with Crippen molar-refractivity contribution in [3.8, 4) is 5.75 Å². The number of amides is 2. The number of hydrogen-bond donors (Lipinski definition) is 0. The van der Waals surface area contributed by atoms with Crippen LogP contribution >= 0.6 is 0 Å². The van der Waals surface area contributed by atoms with Crippen LogP contribution in [0.2, 0.25) is 0 Å². The van der Waals surface area contributed by atoms with Gasteiger partial charge in [0.25, 0.3) is 0 Å². The van der Waals surface area contributed by atoms with Crippen LogP contribution in [0.4, 0.5) is 5.82 Å². The normalized spacial score (nSPS) is 14.6. The molecule has 0 saturated carbocycles. The monoisotopic (exact) mass is 263 g/mol. The van der Waals surface area contributed by atoms with E-state index in [0.717, 1.165) is 6.42 Å². The lowest BCUT2D eigenvalue weighted by Crippen LogP contribution is -2.39. The first kappa shape index (κ1) is 13.3. The van der Waals surface area contributed by atoms with Crippen LogP contribution in [0.3, 0.4) is 0 Å². The van der Waals surface area contributed by atoms with E-state index < -0.39 is 0 Å². The minimum atomic E-state index is -0.174. The number of likely N-dealkylation sites (tertiary alicyclic amines) is 1. The Morgan fingerprint density at radius 2 is 2.37 bits per heavy atom. The predicted molar refractivity (Wildman–Crippen MR) is 70.0 cm³/mol. The van der Waals surface area contributed by atoms with Crippen molar-refractivity contribution in [3.05, 3.63) is 18.3 Å². The van der Waals surface area contributed by atoms with Crippen LogP contribution in [0, 0.1) is 0 Å². The molecule has 1 aliphatic rings. The van der Waals surface area contributed by atoms with Crippen molar-refractivity contribution >= 4 is 17.6 Å². The number of carbonyl (C=O) groups is 2. The molecule has 1 saturated heterocycles. The number of likely N-dealkylation sites (N-methyl/N-ethyl adjacent to an activating group) is 1. The summed E-state index contributed by atoms with van der Waals surface area (Å²) < 4.78 is 5.17. The van der Waals surface area contributed by atoms with Gasteiger partial charge in [-0.05, 0) is 18.6 Å². The molecule has 2 rings (SSSR count). The van der Waals surface area contributed by atoms with E-state index in [0.29, 0.717) is 24.5 Å². The first-order valence-corrected chi connectivity index (χ1v) is 6.17. The molecule has 2 heterocycles. The van der Waals surface area contributed by atoms with Gasteiger partial charge in [0.05, 0.1) is 7.11 Å². The Morgan fingerprint density at radius 1 is 1.58 bits per heavy atom. The molecule has 1 aliphatic heterocycles. The highest BCUT2D eigenvalue weighted by atomic mass is 16.5. The lowest BCUT2D eigenvalue weighted by molar-refractivity contribution is -0.132. The van der Waals surface area contributed by atoms with Crippen LogP contribution in [-0.4, -0.2) is 48.9 Å². The summed E-state index contributed by atoms with van der Waals surface area (Å²) in [6, 6.07) is 3.48.